The van der Waals surface area contributed by atoms with Crippen molar-refractivity contribution in [2.45, 2.75) is 26.3 Å². The summed E-state index contributed by atoms with van der Waals surface area (Å²) in [5, 5.41) is 8.21. The number of aromatic nitrogens is 1. The van der Waals surface area contributed by atoms with E-state index in [1.807, 2.05) is 55.5 Å². The zero-order valence-electron chi connectivity index (χ0n) is 18.0. The average Bonchev–Trinajstić information content (AvgIpc) is 3.49. The van der Waals surface area contributed by atoms with Crippen molar-refractivity contribution in [3.63, 3.8) is 0 Å². The van der Waals surface area contributed by atoms with Gasteiger partial charge in [0.2, 0.25) is 0 Å². The van der Waals surface area contributed by atoms with Crippen LogP contribution in [0.4, 0.5) is 16.5 Å². The van der Waals surface area contributed by atoms with Crippen LogP contribution in [0.3, 0.4) is 0 Å². The molecule has 0 aliphatic carbocycles. The van der Waals surface area contributed by atoms with Crippen LogP contribution in [0, 0.1) is 6.92 Å². The molecule has 32 heavy (non-hydrogen) atoms. The summed E-state index contributed by atoms with van der Waals surface area (Å²) in [4.78, 5) is 31.1. The minimum Gasteiger partial charge on any atom is -0.451 e. The van der Waals surface area contributed by atoms with E-state index >= 15 is 0 Å². The Morgan fingerprint density at radius 2 is 1.91 bits per heavy atom. The largest absolute Gasteiger partial charge is 0.451 e. The fourth-order valence-electron chi connectivity index (χ4n) is 3.67. The first-order valence-corrected chi connectivity index (χ1v) is 11.5. The molecule has 166 valence electrons. The van der Waals surface area contributed by atoms with Crippen LogP contribution in [-0.4, -0.2) is 36.6 Å². The van der Waals surface area contributed by atoms with Gasteiger partial charge in [-0.1, -0.05) is 30.3 Å². The molecule has 1 aliphatic heterocycles. The molecule has 0 unspecified atom stereocenters. The maximum absolute atomic E-state index is 12.2. The molecule has 4 rings (SSSR count). The van der Waals surface area contributed by atoms with E-state index in [0.717, 1.165) is 24.2 Å². The molecular formula is C24H26N4O3S. The molecule has 1 amide bonds. The number of benzene rings is 2. The second-order valence-electron chi connectivity index (χ2n) is 7.70. The molecule has 1 saturated heterocycles. The molecule has 2 aromatic carbocycles. The normalized spacial score (nSPS) is 13.1. The van der Waals surface area contributed by atoms with Gasteiger partial charge in [0.05, 0.1) is 0 Å². The number of carbonyl (C=O) groups is 2. The van der Waals surface area contributed by atoms with Crippen LogP contribution < -0.4 is 15.5 Å². The lowest BCUT2D eigenvalue weighted by atomic mass is 10.1. The molecule has 8 heteroatoms. The van der Waals surface area contributed by atoms with E-state index in [1.54, 1.807) is 5.38 Å². The highest BCUT2D eigenvalue weighted by Gasteiger charge is 2.16. The Labute approximate surface area is 191 Å². The van der Waals surface area contributed by atoms with Gasteiger partial charge in [0.15, 0.2) is 17.4 Å². The first kappa shape index (κ1) is 21.8. The Hall–Kier alpha value is -3.39. The van der Waals surface area contributed by atoms with Gasteiger partial charge in [-0.3, -0.25) is 4.79 Å². The number of rotatable bonds is 8. The van der Waals surface area contributed by atoms with Crippen LogP contribution in [0.1, 0.15) is 34.5 Å². The second-order valence-corrected chi connectivity index (χ2v) is 8.55. The number of carbonyl (C=O) groups excluding carboxylic acids is 2. The van der Waals surface area contributed by atoms with Gasteiger partial charge in [-0.2, -0.15) is 0 Å². The highest BCUT2D eigenvalue weighted by molar-refractivity contribution is 7.13. The molecule has 3 aromatic rings. The van der Waals surface area contributed by atoms with E-state index in [9.17, 15) is 9.59 Å². The molecule has 0 radical (unpaired) electrons. The van der Waals surface area contributed by atoms with Crippen molar-refractivity contribution < 1.29 is 14.3 Å². The summed E-state index contributed by atoms with van der Waals surface area (Å²) >= 11 is 1.32. The SMILES string of the molecule is Cc1cc(NC(=O)COC(=O)c2csc(NCc3ccccc3)n2)ccc1N1CCCC1. The van der Waals surface area contributed by atoms with Gasteiger partial charge in [-0.25, -0.2) is 9.78 Å². The summed E-state index contributed by atoms with van der Waals surface area (Å²) in [6.45, 7) is 4.43. The number of aryl methyl sites for hydroxylation is 1. The molecule has 2 N–H and O–H groups in total. The van der Waals surface area contributed by atoms with Crippen LogP contribution in [0.15, 0.2) is 53.9 Å². The summed E-state index contributed by atoms with van der Waals surface area (Å²) in [5.41, 5.74) is 4.30. The van der Waals surface area contributed by atoms with Crippen molar-refractivity contribution >= 4 is 39.7 Å². The number of hydrogen-bond acceptors (Lipinski definition) is 7. The van der Waals surface area contributed by atoms with E-state index in [2.05, 4.69) is 20.5 Å². The second kappa shape index (κ2) is 10.3. The van der Waals surface area contributed by atoms with E-state index in [-0.39, 0.29) is 18.2 Å². The molecule has 7 nitrogen and oxygen atoms in total. The van der Waals surface area contributed by atoms with Crippen LogP contribution in [0.25, 0.3) is 0 Å². The fourth-order valence-corrected chi connectivity index (χ4v) is 4.35. The Kier molecular flexibility index (Phi) is 7.01. The first-order valence-electron chi connectivity index (χ1n) is 10.6. The van der Waals surface area contributed by atoms with Crippen LogP contribution >= 0.6 is 11.3 Å². The van der Waals surface area contributed by atoms with E-state index in [4.69, 9.17) is 4.74 Å². The van der Waals surface area contributed by atoms with E-state index < -0.39 is 5.97 Å². The molecular weight excluding hydrogens is 424 g/mol. The summed E-state index contributed by atoms with van der Waals surface area (Å²) in [7, 11) is 0. The maximum Gasteiger partial charge on any atom is 0.358 e. The van der Waals surface area contributed by atoms with Gasteiger partial charge in [-0.05, 0) is 49.1 Å². The van der Waals surface area contributed by atoms with Gasteiger partial charge in [-0.15, -0.1) is 11.3 Å². The smallest absolute Gasteiger partial charge is 0.358 e. The highest BCUT2D eigenvalue weighted by Crippen LogP contribution is 2.26. The van der Waals surface area contributed by atoms with Gasteiger partial charge in [0, 0.05) is 36.4 Å². The summed E-state index contributed by atoms with van der Waals surface area (Å²) in [5.74, 6) is -1.01. The number of nitrogens with zero attached hydrogens (tertiary/aromatic N) is 2. The van der Waals surface area contributed by atoms with Crippen molar-refractivity contribution in [3.05, 3.63) is 70.7 Å². The number of nitrogens with one attached hydrogen (secondary N) is 2. The highest BCUT2D eigenvalue weighted by atomic mass is 32.1. The Morgan fingerprint density at radius 1 is 1.12 bits per heavy atom. The first-order chi connectivity index (χ1) is 15.6. The molecule has 0 saturated carbocycles. The van der Waals surface area contributed by atoms with E-state index in [0.29, 0.717) is 17.4 Å². The lowest BCUT2D eigenvalue weighted by Crippen LogP contribution is -2.22. The third kappa shape index (κ3) is 5.64. The molecule has 0 bridgehead atoms. The van der Waals surface area contributed by atoms with Crippen molar-refractivity contribution in [3.8, 4) is 0 Å². The van der Waals surface area contributed by atoms with Crippen LogP contribution in [-0.2, 0) is 16.1 Å². The lowest BCUT2D eigenvalue weighted by Gasteiger charge is -2.20. The number of ether oxygens (including phenoxy) is 1. The number of hydrogen-bond donors (Lipinski definition) is 2. The molecule has 0 spiro atoms. The average molecular weight is 451 g/mol. The third-order valence-corrected chi connectivity index (χ3v) is 6.06. The monoisotopic (exact) mass is 450 g/mol. The summed E-state index contributed by atoms with van der Waals surface area (Å²) in [6, 6.07) is 15.8. The predicted octanol–water partition coefficient (Wildman–Crippen LogP) is 4.46. The quantitative estimate of drug-likeness (QED) is 0.493. The zero-order valence-corrected chi connectivity index (χ0v) is 18.8. The summed E-state index contributed by atoms with van der Waals surface area (Å²) in [6.07, 6.45) is 2.43. The minimum absolute atomic E-state index is 0.184. The van der Waals surface area contributed by atoms with Crippen molar-refractivity contribution in [1.29, 1.82) is 0 Å². The molecule has 2 heterocycles. The predicted molar refractivity (Wildman–Crippen MR) is 127 cm³/mol. The van der Waals surface area contributed by atoms with Crippen molar-refractivity contribution in [2.75, 3.05) is 35.2 Å². The molecule has 1 aromatic heterocycles. The zero-order chi connectivity index (χ0) is 22.3. The van der Waals surface area contributed by atoms with Gasteiger partial charge in [0.25, 0.3) is 5.91 Å². The van der Waals surface area contributed by atoms with Crippen molar-refractivity contribution in [2.24, 2.45) is 0 Å². The number of esters is 1. The third-order valence-electron chi connectivity index (χ3n) is 5.26. The summed E-state index contributed by atoms with van der Waals surface area (Å²) < 4.78 is 5.13. The number of thiazole rings is 1. The maximum atomic E-state index is 12.2. The van der Waals surface area contributed by atoms with Crippen molar-refractivity contribution in [1.82, 2.24) is 4.98 Å². The van der Waals surface area contributed by atoms with E-state index in [1.165, 1.54) is 29.9 Å². The van der Waals surface area contributed by atoms with Crippen LogP contribution in [0.5, 0.6) is 0 Å². The topological polar surface area (TPSA) is 83.6 Å². The Balaban J connectivity index is 1.24. The number of anilines is 3. The van der Waals surface area contributed by atoms with Gasteiger partial charge < -0.3 is 20.3 Å². The number of amides is 1. The Morgan fingerprint density at radius 3 is 2.66 bits per heavy atom. The van der Waals surface area contributed by atoms with Gasteiger partial charge >= 0.3 is 5.97 Å². The minimum atomic E-state index is -0.621. The molecule has 0 atom stereocenters. The standard InChI is InChI=1S/C24H26N4O3S/c1-17-13-19(9-10-21(17)28-11-5-6-12-28)26-22(29)15-31-23(30)20-16-32-24(27-20)25-14-18-7-3-2-4-8-18/h2-4,7-10,13,16H,5-6,11-12,14-15H2,1H3,(H,25,27)(H,26,29). The molecule has 1 fully saturated rings. The Bertz CT molecular complexity index is 1080. The van der Waals surface area contributed by atoms with Crippen LogP contribution in [0.2, 0.25) is 0 Å². The molecule has 1 aliphatic rings. The van der Waals surface area contributed by atoms with Gasteiger partial charge in [0.1, 0.15) is 0 Å². The lowest BCUT2D eigenvalue weighted by molar-refractivity contribution is -0.119. The fraction of sp³-hybridized carbons (Fsp3) is 0.292.